The fourth-order valence-corrected chi connectivity index (χ4v) is 1.61. The molecule has 1 unspecified atom stereocenters. The summed E-state index contributed by atoms with van der Waals surface area (Å²) in [4.78, 5) is 24.5. The molecular weight excluding hydrogens is 288 g/mol. The van der Waals surface area contributed by atoms with Gasteiger partial charge in [-0.05, 0) is 36.4 Å². The summed E-state index contributed by atoms with van der Waals surface area (Å²) in [5.41, 5.74) is 1.20. The first-order valence-corrected chi connectivity index (χ1v) is 6.57. The lowest BCUT2D eigenvalue weighted by atomic mass is 10.2. The SMILES string of the molecule is CC(O)CNC(=O)C(=O)Nc1ccc(-c2nnn(C)n2)cc1. The van der Waals surface area contributed by atoms with Gasteiger partial charge in [-0.2, -0.15) is 4.80 Å². The van der Waals surface area contributed by atoms with Crippen molar-refractivity contribution < 1.29 is 14.7 Å². The minimum Gasteiger partial charge on any atom is -0.392 e. The number of aliphatic hydroxyl groups excluding tert-OH is 1. The van der Waals surface area contributed by atoms with E-state index in [1.165, 1.54) is 11.7 Å². The molecule has 0 saturated heterocycles. The number of benzene rings is 1. The van der Waals surface area contributed by atoms with Crippen molar-refractivity contribution in [2.24, 2.45) is 7.05 Å². The van der Waals surface area contributed by atoms with Crippen LogP contribution >= 0.6 is 0 Å². The molecular formula is C13H16N6O3. The Bertz CT molecular complexity index is 665. The molecule has 2 aromatic rings. The van der Waals surface area contributed by atoms with Crippen molar-refractivity contribution in [1.82, 2.24) is 25.5 Å². The highest BCUT2D eigenvalue weighted by atomic mass is 16.3. The van der Waals surface area contributed by atoms with Crippen LogP contribution in [0.4, 0.5) is 5.69 Å². The molecule has 1 atom stereocenters. The number of hydrogen-bond donors (Lipinski definition) is 3. The summed E-state index contributed by atoms with van der Waals surface area (Å²) in [6, 6.07) is 6.68. The zero-order valence-corrected chi connectivity index (χ0v) is 12.1. The van der Waals surface area contributed by atoms with Gasteiger partial charge in [-0.25, -0.2) is 0 Å². The molecule has 3 N–H and O–H groups in total. The number of carbonyl (C=O) groups excluding carboxylic acids is 2. The fourth-order valence-electron chi connectivity index (χ4n) is 1.61. The highest BCUT2D eigenvalue weighted by molar-refractivity contribution is 6.39. The topological polar surface area (TPSA) is 122 Å². The molecule has 0 radical (unpaired) electrons. The summed E-state index contributed by atoms with van der Waals surface area (Å²) in [5, 5.41) is 25.5. The smallest absolute Gasteiger partial charge is 0.313 e. The first-order valence-electron chi connectivity index (χ1n) is 6.57. The Labute approximate surface area is 126 Å². The minimum atomic E-state index is -0.805. The summed E-state index contributed by atoms with van der Waals surface area (Å²) in [6.45, 7) is 1.53. The molecule has 9 heteroatoms. The summed E-state index contributed by atoms with van der Waals surface area (Å²) in [6.07, 6.45) is -0.712. The van der Waals surface area contributed by atoms with E-state index in [1.54, 1.807) is 31.3 Å². The largest absolute Gasteiger partial charge is 0.392 e. The van der Waals surface area contributed by atoms with Gasteiger partial charge in [0.05, 0.1) is 13.2 Å². The van der Waals surface area contributed by atoms with Gasteiger partial charge in [-0.3, -0.25) is 9.59 Å². The third kappa shape index (κ3) is 4.09. The van der Waals surface area contributed by atoms with Gasteiger partial charge in [-0.1, -0.05) is 0 Å². The highest BCUT2D eigenvalue weighted by Gasteiger charge is 2.14. The normalized spacial score (nSPS) is 11.8. The van der Waals surface area contributed by atoms with Crippen molar-refractivity contribution in [2.45, 2.75) is 13.0 Å². The number of aliphatic hydroxyl groups is 1. The Balaban J connectivity index is 1.96. The van der Waals surface area contributed by atoms with Gasteiger partial charge in [0.25, 0.3) is 0 Å². The van der Waals surface area contributed by atoms with Crippen LogP contribution in [0, 0.1) is 0 Å². The molecule has 1 aromatic carbocycles. The maximum absolute atomic E-state index is 11.6. The van der Waals surface area contributed by atoms with Crippen LogP contribution in [0.2, 0.25) is 0 Å². The van der Waals surface area contributed by atoms with Crippen molar-refractivity contribution in [3.8, 4) is 11.4 Å². The Morgan fingerprint density at radius 1 is 1.27 bits per heavy atom. The molecule has 0 aliphatic heterocycles. The molecule has 9 nitrogen and oxygen atoms in total. The first-order chi connectivity index (χ1) is 10.5. The zero-order chi connectivity index (χ0) is 16.1. The lowest BCUT2D eigenvalue weighted by Crippen LogP contribution is -2.38. The van der Waals surface area contributed by atoms with Crippen LogP contribution < -0.4 is 10.6 Å². The van der Waals surface area contributed by atoms with E-state index in [-0.39, 0.29) is 6.54 Å². The Kier molecular flexibility index (Phi) is 4.79. The van der Waals surface area contributed by atoms with E-state index < -0.39 is 17.9 Å². The van der Waals surface area contributed by atoms with Crippen molar-refractivity contribution in [3.63, 3.8) is 0 Å². The summed E-state index contributed by atoms with van der Waals surface area (Å²) in [7, 11) is 1.66. The lowest BCUT2D eigenvalue weighted by Gasteiger charge is -2.08. The summed E-state index contributed by atoms with van der Waals surface area (Å²) >= 11 is 0. The molecule has 22 heavy (non-hydrogen) atoms. The molecule has 116 valence electrons. The number of carbonyl (C=O) groups is 2. The average molecular weight is 304 g/mol. The van der Waals surface area contributed by atoms with Crippen LogP contribution in [-0.2, 0) is 16.6 Å². The number of nitrogens with one attached hydrogen (secondary N) is 2. The Hall–Kier alpha value is -2.81. The van der Waals surface area contributed by atoms with Crippen LogP contribution in [0.5, 0.6) is 0 Å². The Morgan fingerprint density at radius 3 is 2.50 bits per heavy atom. The van der Waals surface area contributed by atoms with Crippen molar-refractivity contribution >= 4 is 17.5 Å². The monoisotopic (exact) mass is 304 g/mol. The summed E-state index contributed by atoms with van der Waals surface area (Å²) < 4.78 is 0. The van der Waals surface area contributed by atoms with Crippen LogP contribution in [0.25, 0.3) is 11.4 Å². The van der Waals surface area contributed by atoms with E-state index >= 15 is 0 Å². The number of tetrazole rings is 1. The lowest BCUT2D eigenvalue weighted by molar-refractivity contribution is -0.136. The van der Waals surface area contributed by atoms with Gasteiger partial charge >= 0.3 is 11.8 Å². The second-order valence-corrected chi connectivity index (χ2v) is 4.69. The fraction of sp³-hybridized carbons (Fsp3) is 0.308. The second-order valence-electron chi connectivity index (χ2n) is 4.69. The second kappa shape index (κ2) is 6.76. The van der Waals surface area contributed by atoms with Crippen LogP contribution in [0.15, 0.2) is 24.3 Å². The van der Waals surface area contributed by atoms with Crippen molar-refractivity contribution in [2.75, 3.05) is 11.9 Å². The van der Waals surface area contributed by atoms with Crippen molar-refractivity contribution in [3.05, 3.63) is 24.3 Å². The molecule has 0 bridgehead atoms. The van der Waals surface area contributed by atoms with E-state index in [4.69, 9.17) is 5.11 Å². The van der Waals surface area contributed by atoms with Gasteiger partial charge in [-0.15, -0.1) is 10.2 Å². The highest BCUT2D eigenvalue weighted by Crippen LogP contribution is 2.16. The number of aromatic nitrogens is 4. The number of rotatable bonds is 4. The van der Waals surface area contributed by atoms with E-state index in [1.807, 2.05) is 0 Å². The summed E-state index contributed by atoms with van der Waals surface area (Å²) in [5.74, 6) is -1.14. The molecule has 0 aliphatic rings. The Morgan fingerprint density at radius 2 is 1.95 bits per heavy atom. The predicted molar refractivity (Wildman–Crippen MR) is 77.6 cm³/mol. The minimum absolute atomic E-state index is 0.0174. The molecule has 0 saturated carbocycles. The van der Waals surface area contributed by atoms with Gasteiger partial charge in [0.2, 0.25) is 5.82 Å². The van der Waals surface area contributed by atoms with Crippen LogP contribution in [0.1, 0.15) is 6.92 Å². The first kappa shape index (κ1) is 15.6. The van der Waals surface area contributed by atoms with Crippen molar-refractivity contribution in [1.29, 1.82) is 0 Å². The van der Waals surface area contributed by atoms with E-state index in [9.17, 15) is 9.59 Å². The van der Waals surface area contributed by atoms with E-state index in [0.29, 0.717) is 11.5 Å². The van der Waals surface area contributed by atoms with Gasteiger partial charge in [0, 0.05) is 17.8 Å². The maximum Gasteiger partial charge on any atom is 0.313 e. The molecule has 1 heterocycles. The van der Waals surface area contributed by atoms with Crippen LogP contribution in [-0.4, -0.2) is 49.8 Å². The number of hydrogen-bond acceptors (Lipinski definition) is 6. The van der Waals surface area contributed by atoms with Gasteiger partial charge in [0.15, 0.2) is 0 Å². The van der Waals surface area contributed by atoms with Gasteiger partial charge in [0.1, 0.15) is 0 Å². The maximum atomic E-state index is 11.6. The van der Waals surface area contributed by atoms with Crippen LogP contribution in [0.3, 0.4) is 0 Å². The molecule has 1 aromatic heterocycles. The molecule has 2 rings (SSSR count). The number of anilines is 1. The number of aryl methyl sites for hydroxylation is 1. The molecule has 0 fully saturated rings. The number of nitrogens with zero attached hydrogens (tertiary/aromatic N) is 4. The predicted octanol–water partition coefficient (Wildman–Crippen LogP) is -0.687. The third-order valence-corrected chi connectivity index (χ3v) is 2.67. The molecule has 2 amide bonds. The third-order valence-electron chi connectivity index (χ3n) is 2.67. The standard InChI is InChI=1S/C13H16N6O3/c1-8(20)7-14-12(21)13(22)15-10-5-3-9(4-6-10)11-16-18-19(2)17-11/h3-6,8,20H,7H2,1-2H3,(H,14,21)(H,15,22). The van der Waals surface area contributed by atoms with Gasteiger partial charge < -0.3 is 15.7 Å². The molecule has 0 spiro atoms. The molecule has 0 aliphatic carbocycles. The number of amides is 2. The average Bonchev–Trinajstić information content (AvgIpc) is 2.92. The van der Waals surface area contributed by atoms with E-state index in [2.05, 4.69) is 26.0 Å². The zero-order valence-electron chi connectivity index (χ0n) is 12.1. The quantitative estimate of drug-likeness (QED) is 0.643. The van der Waals surface area contributed by atoms with E-state index in [0.717, 1.165) is 5.56 Å².